The summed E-state index contributed by atoms with van der Waals surface area (Å²) in [7, 11) is 0. The van der Waals surface area contributed by atoms with E-state index in [2.05, 4.69) is 12.1 Å². The summed E-state index contributed by atoms with van der Waals surface area (Å²) in [5.74, 6) is 0.356. The van der Waals surface area contributed by atoms with Gasteiger partial charge in [-0.1, -0.05) is 12.1 Å². The molecule has 8 heteroatoms. The fourth-order valence-corrected chi connectivity index (χ4v) is 5.84. The van der Waals surface area contributed by atoms with Gasteiger partial charge in [0.1, 0.15) is 6.04 Å². The lowest BCUT2D eigenvalue weighted by Gasteiger charge is -2.38. The number of amides is 2. The first kappa shape index (κ1) is 20.0. The predicted octanol–water partition coefficient (Wildman–Crippen LogP) is 0.745. The van der Waals surface area contributed by atoms with Crippen LogP contribution in [-0.4, -0.2) is 69.8 Å². The summed E-state index contributed by atoms with van der Waals surface area (Å²) in [5.41, 5.74) is 7.81. The standard InChI is InChI=1S/C23H26N6O2/c1-13(15-4-2-3-14(5-15)9-24)28-18-8-21(23(28)31)27(11-18)12-19(26)22(30)29-17(10-25)6-16-7-20(16)29/h2-5,13,16-21H,6-8,11-12,26H2,1H3/t13-,16-,17+,18+,19+,20+,21+/m1/s1. The van der Waals surface area contributed by atoms with Gasteiger partial charge in [0.05, 0.1) is 35.8 Å². The van der Waals surface area contributed by atoms with Gasteiger partial charge in [0.2, 0.25) is 11.8 Å². The number of hydrogen-bond donors (Lipinski definition) is 1. The van der Waals surface area contributed by atoms with E-state index in [1.165, 1.54) is 0 Å². The first-order valence-electron chi connectivity index (χ1n) is 11.0. The molecule has 1 aromatic carbocycles. The lowest BCUT2D eigenvalue weighted by Crippen LogP contribution is -2.57. The van der Waals surface area contributed by atoms with E-state index in [4.69, 9.17) is 11.0 Å². The highest BCUT2D eigenvalue weighted by molar-refractivity contribution is 5.87. The molecule has 0 spiro atoms. The van der Waals surface area contributed by atoms with Crippen molar-refractivity contribution in [2.24, 2.45) is 11.7 Å². The van der Waals surface area contributed by atoms with Crippen LogP contribution in [0.15, 0.2) is 24.3 Å². The molecule has 3 aliphatic heterocycles. The highest BCUT2D eigenvalue weighted by Gasteiger charge is 2.56. The van der Waals surface area contributed by atoms with Crippen molar-refractivity contribution in [1.29, 1.82) is 10.5 Å². The number of rotatable bonds is 5. The average Bonchev–Trinajstić information content (AvgIpc) is 3.11. The van der Waals surface area contributed by atoms with Crippen molar-refractivity contribution in [3.05, 3.63) is 35.4 Å². The van der Waals surface area contributed by atoms with Crippen molar-refractivity contribution in [1.82, 2.24) is 14.7 Å². The first-order valence-corrected chi connectivity index (χ1v) is 11.0. The van der Waals surface area contributed by atoms with E-state index in [-0.39, 0.29) is 42.0 Å². The summed E-state index contributed by atoms with van der Waals surface area (Å²) in [5, 5.41) is 18.5. The molecular weight excluding hydrogens is 392 g/mol. The molecule has 2 N–H and O–H groups in total. The minimum Gasteiger partial charge on any atom is -0.330 e. The van der Waals surface area contributed by atoms with Crippen LogP contribution in [0.3, 0.4) is 0 Å². The zero-order valence-corrected chi connectivity index (χ0v) is 17.5. The smallest absolute Gasteiger partial charge is 0.242 e. The summed E-state index contributed by atoms with van der Waals surface area (Å²) < 4.78 is 0. The molecule has 3 heterocycles. The maximum absolute atomic E-state index is 13.2. The molecule has 160 valence electrons. The van der Waals surface area contributed by atoms with Crippen molar-refractivity contribution in [3.8, 4) is 12.1 Å². The number of likely N-dealkylation sites (tertiary alicyclic amines) is 3. The monoisotopic (exact) mass is 418 g/mol. The highest BCUT2D eigenvalue weighted by atomic mass is 16.2. The summed E-state index contributed by atoms with van der Waals surface area (Å²) >= 11 is 0. The lowest BCUT2D eigenvalue weighted by molar-refractivity contribution is -0.141. The van der Waals surface area contributed by atoms with Gasteiger partial charge in [-0.05, 0) is 49.8 Å². The Morgan fingerprint density at radius 1 is 1.29 bits per heavy atom. The van der Waals surface area contributed by atoms with Gasteiger partial charge in [-0.25, -0.2) is 0 Å². The maximum Gasteiger partial charge on any atom is 0.242 e. The van der Waals surface area contributed by atoms with Crippen molar-refractivity contribution in [2.75, 3.05) is 13.1 Å². The van der Waals surface area contributed by atoms with E-state index in [0.717, 1.165) is 24.8 Å². The van der Waals surface area contributed by atoms with Crippen molar-refractivity contribution in [3.63, 3.8) is 0 Å². The Morgan fingerprint density at radius 3 is 2.81 bits per heavy atom. The van der Waals surface area contributed by atoms with Gasteiger partial charge < -0.3 is 15.5 Å². The van der Waals surface area contributed by atoms with E-state index in [0.29, 0.717) is 24.6 Å². The summed E-state index contributed by atoms with van der Waals surface area (Å²) in [6.45, 7) is 3.02. The molecule has 4 aliphatic rings. The number of carbonyl (C=O) groups is 2. The Morgan fingerprint density at radius 2 is 2.10 bits per heavy atom. The highest BCUT2D eigenvalue weighted by Crippen LogP contribution is 2.48. The van der Waals surface area contributed by atoms with Gasteiger partial charge in [-0.3, -0.25) is 14.5 Å². The van der Waals surface area contributed by atoms with Gasteiger partial charge in [0.25, 0.3) is 0 Å². The molecule has 2 bridgehead atoms. The van der Waals surface area contributed by atoms with Gasteiger partial charge in [-0.15, -0.1) is 0 Å². The van der Waals surface area contributed by atoms with E-state index < -0.39 is 6.04 Å². The summed E-state index contributed by atoms with van der Waals surface area (Å²) in [6.07, 6.45) is 2.47. The topological polar surface area (TPSA) is 117 Å². The molecule has 5 rings (SSSR count). The number of hydrogen-bond acceptors (Lipinski definition) is 6. The minimum absolute atomic E-state index is 0.0593. The maximum atomic E-state index is 13.2. The Labute approximate surface area is 181 Å². The van der Waals surface area contributed by atoms with Crippen LogP contribution in [-0.2, 0) is 9.59 Å². The van der Waals surface area contributed by atoms with Crippen LogP contribution >= 0.6 is 0 Å². The third kappa shape index (κ3) is 3.18. The Bertz CT molecular complexity index is 1010. The average molecular weight is 419 g/mol. The molecule has 1 saturated carbocycles. The molecule has 1 aliphatic carbocycles. The van der Waals surface area contributed by atoms with E-state index in [1.54, 1.807) is 11.0 Å². The third-order valence-corrected chi connectivity index (χ3v) is 7.49. The van der Waals surface area contributed by atoms with E-state index >= 15 is 0 Å². The van der Waals surface area contributed by atoms with Crippen LogP contribution in [0.1, 0.15) is 43.4 Å². The van der Waals surface area contributed by atoms with E-state index in [1.807, 2.05) is 34.9 Å². The number of nitriles is 2. The molecule has 2 amide bonds. The minimum atomic E-state index is -0.722. The van der Waals surface area contributed by atoms with Gasteiger partial charge in [0, 0.05) is 25.2 Å². The lowest BCUT2D eigenvalue weighted by atomic mass is 10.0. The Kier molecular flexibility index (Phi) is 4.73. The molecule has 0 aromatic heterocycles. The number of benzene rings is 1. The molecule has 0 radical (unpaired) electrons. The third-order valence-electron chi connectivity index (χ3n) is 7.49. The molecule has 31 heavy (non-hydrogen) atoms. The van der Waals surface area contributed by atoms with Gasteiger partial charge >= 0.3 is 0 Å². The van der Waals surface area contributed by atoms with Crippen LogP contribution in [0.25, 0.3) is 0 Å². The molecule has 7 atom stereocenters. The summed E-state index contributed by atoms with van der Waals surface area (Å²) in [4.78, 5) is 31.8. The second-order valence-corrected chi connectivity index (χ2v) is 9.31. The van der Waals surface area contributed by atoms with Crippen LogP contribution in [0.4, 0.5) is 0 Å². The van der Waals surface area contributed by atoms with Gasteiger partial charge in [-0.2, -0.15) is 10.5 Å². The van der Waals surface area contributed by atoms with Gasteiger partial charge in [0.15, 0.2) is 0 Å². The van der Waals surface area contributed by atoms with Crippen LogP contribution in [0.2, 0.25) is 0 Å². The SMILES string of the molecule is C[C@H](c1cccc(C#N)c1)N1C(=O)[C@@H]2C[C@H]1CN2C[C@H](N)C(=O)N1[C@H](C#N)C[C@@H]2C[C@@H]21. The zero-order chi connectivity index (χ0) is 21.9. The fraction of sp³-hybridized carbons (Fsp3) is 0.565. The Hall–Kier alpha value is -2.94. The van der Waals surface area contributed by atoms with Crippen molar-refractivity contribution < 1.29 is 9.59 Å². The largest absolute Gasteiger partial charge is 0.330 e. The number of nitrogens with zero attached hydrogens (tertiary/aromatic N) is 5. The van der Waals surface area contributed by atoms with E-state index in [9.17, 15) is 14.9 Å². The molecule has 8 nitrogen and oxygen atoms in total. The Balaban J connectivity index is 1.24. The van der Waals surface area contributed by atoms with Crippen LogP contribution in [0, 0.1) is 28.6 Å². The second-order valence-electron chi connectivity index (χ2n) is 9.31. The van der Waals surface area contributed by atoms with Crippen LogP contribution in [0.5, 0.6) is 0 Å². The van der Waals surface area contributed by atoms with Crippen LogP contribution < -0.4 is 5.73 Å². The number of piperidine rings is 1. The number of carbonyl (C=O) groups excluding carboxylic acids is 2. The molecular formula is C23H26N6O2. The number of piperazine rings is 1. The quantitative estimate of drug-likeness (QED) is 0.754. The number of fused-ring (bicyclic) bond motifs is 3. The molecule has 3 saturated heterocycles. The fourth-order valence-electron chi connectivity index (χ4n) is 5.84. The zero-order valence-electron chi connectivity index (χ0n) is 17.5. The normalized spacial score (nSPS) is 33.0. The predicted molar refractivity (Wildman–Crippen MR) is 111 cm³/mol. The van der Waals surface area contributed by atoms with Crippen molar-refractivity contribution >= 4 is 11.8 Å². The summed E-state index contributed by atoms with van der Waals surface area (Å²) in [6, 6.07) is 10.6. The molecule has 4 fully saturated rings. The second kappa shape index (κ2) is 7.33. The molecule has 1 aromatic rings. The number of nitrogens with two attached hydrogens (primary N) is 1. The first-order chi connectivity index (χ1) is 14.9. The molecule has 0 unspecified atom stereocenters. The van der Waals surface area contributed by atoms with Crippen molar-refractivity contribution in [2.45, 2.75) is 62.4 Å².